The Labute approximate surface area is 184 Å². The molecule has 2 amide bonds. The van der Waals surface area contributed by atoms with Crippen LogP contribution in [0, 0.1) is 0 Å². The van der Waals surface area contributed by atoms with Crippen molar-refractivity contribution in [2.45, 2.75) is 18.4 Å². The number of aromatic nitrogens is 1. The number of carboxylic acids is 1. The van der Waals surface area contributed by atoms with E-state index in [1.807, 2.05) is 48.5 Å². The second kappa shape index (κ2) is 8.89. The Morgan fingerprint density at radius 3 is 2.22 bits per heavy atom. The summed E-state index contributed by atoms with van der Waals surface area (Å²) >= 11 is 0. The van der Waals surface area contributed by atoms with Gasteiger partial charge < -0.3 is 20.9 Å². The van der Waals surface area contributed by atoms with E-state index in [9.17, 15) is 19.5 Å². The molecule has 32 heavy (non-hydrogen) atoms. The topological polar surface area (TPSA) is 132 Å². The average molecular weight is 431 g/mol. The van der Waals surface area contributed by atoms with Crippen LogP contribution in [-0.2, 0) is 16.0 Å². The number of pyridine rings is 1. The number of rotatable bonds is 7. The van der Waals surface area contributed by atoms with Crippen molar-refractivity contribution in [1.82, 2.24) is 10.3 Å². The van der Waals surface area contributed by atoms with Crippen LogP contribution >= 0.6 is 0 Å². The molecule has 1 aliphatic rings. The van der Waals surface area contributed by atoms with E-state index in [1.54, 1.807) is 0 Å². The zero-order chi connectivity index (χ0) is 22.7. The van der Waals surface area contributed by atoms with E-state index in [0.717, 1.165) is 22.3 Å². The number of ether oxygens (including phenoxy) is 1. The summed E-state index contributed by atoms with van der Waals surface area (Å²) in [6.07, 6.45) is 0.350. The molecule has 1 aliphatic carbocycles. The molecule has 1 unspecified atom stereocenters. The lowest BCUT2D eigenvalue weighted by Gasteiger charge is -2.18. The van der Waals surface area contributed by atoms with Gasteiger partial charge in [-0.1, -0.05) is 48.5 Å². The van der Waals surface area contributed by atoms with Gasteiger partial charge in [0, 0.05) is 18.5 Å². The Morgan fingerprint density at radius 1 is 1.00 bits per heavy atom. The SMILES string of the molecule is NC(=O)c1cccnc1CC(NC(=O)OCC1c2ccccc2-c2ccccc21)C(=O)O. The van der Waals surface area contributed by atoms with E-state index in [-0.39, 0.29) is 30.2 Å². The summed E-state index contributed by atoms with van der Waals surface area (Å²) < 4.78 is 5.41. The third kappa shape index (κ3) is 4.15. The zero-order valence-electron chi connectivity index (χ0n) is 17.0. The fourth-order valence-electron chi connectivity index (χ4n) is 4.00. The molecule has 8 heteroatoms. The summed E-state index contributed by atoms with van der Waals surface area (Å²) in [6.45, 7) is 0.0579. The molecule has 8 nitrogen and oxygen atoms in total. The van der Waals surface area contributed by atoms with Gasteiger partial charge in [-0.2, -0.15) is 0 Å². The van der Waals surface area contributed by atoms with E-state index in [1.165, 1.54) is 18.3 Å². The van der Waals surface area contributed by atoms with Crippen molar-refractivity contribution in [2.24, 2.45) is 5.73 Å². The Morgan fingerprint density at radius 2 is 1.62 bits per heavy atom. The molecule has 1 heterocycles. The Bertz CT molecular complexity index is 1150. The number of carbonyl (C=O) groups is 3. The van der Waals surface area contributed by atoms with Gasteiger partial charge in [0.15, 0.2) is 0 Å². The van der Waals surface area contributed by atoms with Crippen LogP contribution in [0.2, 0.25) is 0 Å². The summed E-state index contributed by atoms with van der Waals surface area (Å²) in [4.78, 5) is 39.7. The number of carboxylic acid groups (broad SMARTS) is 1. The molecule has 3 aromatic rings. The summed E-state index contributed by atoms with van der Waals surface area (Å²) in [5.74, 6) is -2.15. The van der Waals surface area contributed by atoms with Crippen molar-refractivity contribution in [3.63, 3.8) is 0 Å². The average Bonchev–Trinajstić information content (AvgIpc) is 3.11. The van der Waals surface area contributed by atoms with Crippen LogP contribution in [0.5, 0.6) is 0 Å². The number of nitrogens with one attached hydrogen (secondary N) is 1. The van der Waals surface area contributed by atoms with Crippen LogP contribution in [0.25, 0.3) is 11.1 Å². The lowest BCUT2D eigenvalue weighted by atomic mass is 9.98. The van der Waals surface area contributed by atoms with E-state index < -0.39 is 24.0 Å². The molecule has 162 valence electrons. The Balaban J connectivity index is 1.45. The molecule has 0 radical (unpaired) electrons. The zero-order valence-corrected chi connectivity index (χ0v) is 17.0. The second-order valence-corrected chi connectivity index (χ2v) is 7.43. The molecule has 1 atom stereocenters. The van der Waals surface area contributed by atoms with Crippen molar-refractivity contribution in [3.05, 3.63) is 89.2 Å². The number of benzene rings is 2. The molecule has 0 saturated carbocycles. The minimum absolute atomic E-state index is 0.0579. The molecular formula is C24H21N3O5. The van der Waals surface area contributed by atoms with Crippen molar-refractivity contribution >= 4 is 18.0 Å². The lowest BCUT2D eigenvalue weighted by Crippen LogP contribution is -2.43. The number of carbonyl (C=O) groups excluding carboxylic acids is 2. The highest BCUT2D eigenvalue weighted by Crippen LogP contribution is 2.44. The first-order valence-corrected chi connectivity index (χ1v) is 10.0. The number of nitrogens with two attached hydrogens (primary N) is 1. The monoisotopic (exact) mass is 431 g/mol. The first kappa shape index (κ1) is 21.0. The normalized spacial score (nSPS) is 13.0. The van der Waals surface area contributed by atoms with E-state index in [2.05, 4.69) is 10.3 Å². The van der Waals surface area contributed by atoms with Crippen molar-refractivity contribution < 1.29 is 24.2 Å². The Hall–Kier alpha value is -4.20. The quantitative estimate of drug-likeness (QED) is 0.527. The fraction of sp³-hybridized carbons (Fsp3) is 0.167. The smallest absolute Gasteiger partial charge is 0.407 e. The number of aliphatic carboxylic acids is 1. The van der Waals surface area contributed by atoms with Gasteiger partial charge in [0.1, 0.15) is 12.6 Å². The van der Waals surface area contributed by atoms with Gasteiger partial charge in [-0.3, -0.25) is 9.78 Å². The van der Waals surface area contributed by atoms with Crippen LogP contribution in [-0.4, -0.2) is 40.7 Å². The highest BCUT2D eigenvalue weighted by Gasteiger charge is 2.30. The summed E-state index contributed by atoms with van der Waals surface area (Å²) in [5.41, 5.74) is 9.90. The van der Waals surface area contributed by atoms with Gasteiger partial charge >= 0.3 is 12.1 Å². The maximum atomic E-state index is 12.4. The van der Waals surface area contributed by atoms with Crippen LogP contribution in [0.15, 0.2) is 66.9 Å². The van der Waals surface area contributed by atoms with E-state index in [4.69, 9.17) is 10.5 Å². The number of amides is 2. The molecule has 4 N–H and O–H groups in total. The second-order valence-electron chi connectivity index (χ2n) is 7.43. The third-order valence-corrected chi connectivity index (χ3v) is 5.49. The molecule has 0 aliphatic heterocycles. The van der Waals surface area contributed by atoms with Crippen LogP contribution < -0.4 is 11.1 Å². The maximum Gasteiger partial charge on any atom is 0.407 e. The molecular weight excluding hydrogens is 410 g/mol. The van der Waals surface area contributed by atoms with Crippen LogP contribution in [0.3, 0.4) is 0 Å². The maximum absolute atomic E-state index is 12.4. The summed E-state index contributed by atoms with van der Waals surface area (Å²) in [5, 5.41) is 11.9. The summed E-state index contributed by atoms with van der Waals surface area (Å²) in [6, 6.07) is 17.5. The van der Waals surface area contributed by atoms with Gasteiger partial charge in [-0.25, -0.2) is 9.59 Å². The first-order valence-electron chi connectivity index (χ1n) is 10.0. The third-order valence-electron chi connectivity index (χ3n) is 5.49. The van der Waals surface area contributed by atoms with Gasteiger partial charge in [-0.05, 0) is 34.4 Å². The molecule has 2 aromatic carbocycles. The molecule has 1 aromatic heterocycles. The van der Waals surface area contributed by atoms with E-state index >= 15 is 0 Å². The highest BCUT2D eigenvalue weighted by atomic mass is 16.5. The molecule has 0 bridgehead atoms. The highest BCUT2D eigenvalue weighted by molar-refractivity contribution is 5.94. The molecule has 0 saturated heterocycles. The predicted molar refractivity (Wildman–Crippen MR) is 116 cm³/mol. The molecule has 4 rings (SSSR count). The standard InChI is InChI=1S/C24H21N3O5/c25-22(28)18-10-5-11-26-20(18)12-21(23(29)30)27-24(31)32-13-19-16-8-3-1-6-14(16)15-7-2-4-9-17(15)19/h1-11,19,21H,12-13H2,(H2,25,28)(H,27,31)(H,29,30). The first-order chi connectivity index (χ1) is 15.5. The van der Waals surface area contributed by atoms with Crippen molar-refractivity contribution in [3.8, 4) is 11.1 Å². The lowest BCUT2D eigenvalue weighted by molar-refractivity contribution is -0.139. The number of fused-ring (bicyclic) bond motifs is 3. The number of nitrogens with zero attached hydrogens (tertiary/aromatic N) is 1. The minimum atomic E-state index is -1.33. The van der Waals surface area contributed by atoms with Crippen LogP contribution in [0.4, 0.5) is 4.79 Å². The number of alkyl carbamates (subject to hydrolysis) is 1. The van der Waals surface area contributed by atoms with Crippen molar-refractivity contribution in [2.75, 3.05) is 6.61 Å². The van der Waals surface area contributed by atoms with Gasteiger partial charge in [-0.15, -0.1) is 0 Å². The van der Waals surface area contributed by atoms with E-state index in [0.29, 0.717) is 0 Å². The Kier molecular flexibility index (Phi) is 5.85. The summed E-state index contributed by atoms with van der Waals surface area (Å²) in [7, 11) is 0. The van der Waals surface area contributed by atoms with Crippen LogP contribution in [0.1, 0.15) is 33.1 Å². The number of primary amides is 1. The number of hydrogen-bond acceptors (Lipinski definition) is 5. The minimum Gasteiger partial charge on any atom is -0.480 e. The predicted octanol–water partition coefficient (Wildman–Crippen LogP) is 2.71. The largest absolute Gasteiger partial charge is 0.480 e. The van der Waals surface area contributed by atoms with Crippen molar-refractivity contribution in [1.29, 1.82) is 0 Å². The molecule has 0 spiro atoms. The van der Waals surface area contributed by atoms with Gasteiger partial charge in [0.05, 0.1) is 11.3 Å². The van der Waals surface area contributed by atoms with Gasteiger partial charge in [0.2, 0.25) is 0 Å². The molecule has 0 fully saturated rings. The number of hydrogen-bond donors (Lipinski definition) is 3. The fourth-order valence-corrected chi connectivity index (χ4v) is 4.00. The van der Waals surface area contributed by atoms with Gasteiger partial charge in [0.25, 0.3) is 5.91 Å².